The molecule has 16 heavy (non-hydrogen) atoms. The number of para-hydroxylation sites is 1. The van der Waals surface area contributed by atoms with Gasteiger partial charge in [0, 0.05) is 24.0 Å². The van der Waals surface area contributed by atoms with Crippen molar-refractivity contribution in [2.75, 3.05) is 12.3 Å². The van der Waals surface area contributed by atoms with E-state index >= 15 is 0 Å². The molecule has 2 bridgehead atoms. The predicted octanol–water partition coefficient (Wildman–Crippen LogP) is 1.49. The van der Waals surface area contributed by atoms with Crippen LogP contribution in [0.15, 0.2) is 24.3 Å². The highest BCUT2D eigenvalue weighted by molar-refractivity contribution is 8.02. The summed E-state index contributed by atoms with van der Waals surface area (Å²) in [5.74, 6) is 0.288. The molecule has 1 amide bonds. The Labute approximate surface area is 99.0 Å². The maximum Gasteiger partial charge on any atom is 0.236 e. The van der Waals surface area contributed by atoms with Crippen molar-refractivity contribution in [2.24, 2.45) is 0 Å². The van der Waals surface area contributed by atoms with Gasteiger partial charge in [0.05, 0.1) is 5.25 Å². The van der Waals surface area contributed by atoms with Gasteiger partial charge in [-0.05, 0) is 18.1 Å². The third-order valence-corrected chi connectivity index (χ3v) is 4.71. The number of thioether (sulfide) groups is 1. The molecule has 0 saturated carbocycles. The first kappa shape index (κ1) is 10.0. The zero-order chi connectivity index (χ0) is 11.1. The van der Waals surface area contributed by atoms with Crippen LogP contribution in [-0.2, 0) is 11.3 Å². The second kappa shape index (κ2) is 3.70. The molecule has 3 aliphatic heterocycles. The van der Waals surface area contributed by atoms with Crippen molar-refractivity contribution in [3.05, 3.63) is 29.8 Å². The molecule has 2 atom stereocenters. The number of rotatable bonds is 2. The van der Waals surface area contributed by atoms with Crippen LogP contribution < -0.4 is 5.73 Å². The summed E-state index contributed by atoms with van der Waals surface area (Å²) in [4.78, 5) is 13.9. The van der Waals surface area contributed by atoms with Crippen LogP contribution in [0.3, 0.4) is 0 Å². The van der Waals surface area contributed by atoms with Gasteiger partial charge in [0.2, 0.25) is 5.91 Å². The highest BCUT2D eigenvalue weighted by atomic mass is 32.2. The van der Waals surface area contributed by atoms with Crippen LogP contribution >= 0.6 is 11.8 Å². The van der Waals surface area contributed by atoms with Crippen molar-refractivity contribution in [3.8, 4) is 0 Å². The van der Waals surface area contributed by atoms with Crippen molar-refractivity contribution in [3.63, 3.8) is 0 Å². The van der Waals surface area contributed by atoms with E-state index in [9.17, 15) is 4.79 Å². The monoisotopic (exact) mass is 234 g/mol. The Morgan fingerprint density at radius 3 is 2.88 bits per heavy atom. The van der Waals surface area contributed by atoms with Crippen molar-refractivity contribution in [1.29, 1.82) is 0 Å². The molecule has 0 aromatic heterocycles. The lowest BCUT2D eigenvalue weighted by atomic mass is 10.1. The molecule has 0 aliphatic carbocycles. The molecule has 3 nitrogen and oxygen atoms in total. The zero-order valence-corrected chi connectivity index (χ0v) is 9.74. The molecule has 0 radical (unpaired) electrons. The first-order valence-electron chi connectivity index (χ1n) is 5.51. The maximum atomic E-state index is 11.9. The quantitative estimate of drug-likeness (QED) is 0.789. The molecule has 2 unspecified atom stereocenters. The van der Waals surface area contributed by atoms with Crippen LogP contribution in [0.4, 0.5) is 5.69 Å². The standard InChI is InChI=1S/C12H14N2OS/c13-10-4-2-1-3-8(10)6-14-7-9-5-11(16-9)12(14)15/h1-4,9,11H,5-7,13H2. The van der Waals surface area contributed by atoms with Gasteiger partial charge in [0.1, 0.15) is 0 Å². The van der Waals surface area contributed by atoms with E-state index in [1.807, 2.05) is 40.9 Å². The number of anilines is 1. The number of carbonyl (C=O) groups is 1. The number of nitrogens with zero attached hydrogens (tertiary/aromatic N) is 1. The minimum absolute atomic E-state index is 0.226. The molecule has 4 heteroatoms. The minimum Gasteiger partial charge on any atom is -0.398 e. The highest BCUT2D eigenvalue weighted by Gasteiger charge is 2.44. The number of hydrogen-bond donors (Lipinski definition) is 1. The summed E-state index contributed by atoms with van der Waals surface area (Å²) in [6.07, 6.45) is 1.07. The van der Waals surface area contributed by atoms with Crippen LogP contribution in [-0.4, -0.2) is 27.9 Å². The maximum absolute atomic E-state index is 11.9. The van der Waals surface area contributed by atoms with Crippen molar-refractivity contribution in [1.82, 2.24) is 4.90 Å². The largest absolute Gasteiger partial charge is 0.398 e. The number of nitrogen functional groups attached to an aromatic ring is 1. The molecule has 2 N–H and O–H groups in total. The number of nitrogens with two attached hydrogens (primary N) is 1. The molecular weight excluding hydrogens is 220 g/mol. The van der Waals surface area contributed by atoms with E-state index in [-0.39, 0.29) is 11.2 Å². The Morgan fingerprint density at radius 2 is 2.19 bits per heavy atom. The van der Waals surface area contributed by atoms with Crippen molar-refractivity contribution >= 4 is 23.4 Å². The van der Waals surface area contributed by atoms with E-state index in [1.165, 1.54) is 0 Å². The fourth-order valence-electron chi connectivity index (χ4n) is 2.30. The van der Waals surface area contributed by atoms with Gasteiger partial charge < -0.3 is 10.6 Å². The number of piperidine rings is 1. The van der Waals surface area contributed by atoms with E-state index in [0.29, 0.717) is 11.8 Å². The molecule has 3 aliphatic rings. The molecule has 4 rings (SSSR count). The lowest BCUT2D eigenvalue weighted by Crippen LogP contribution is -2.54. The average Bonchev–Trinajstić information content (AvgIpc) is 2.22. The third kappa shape index (κ3) is 1.57. The molecule has 0 spiro atoms. The van der Waals surface area contributed by atoms with Crippen molar-refractivity contribution in [2.45, 2.75) is 23.5 Å². The number of amides is 1. The fourth-order valence-corrected chi connectivity index (χ4v) is 3.59. The predicted molar refractivity (Wildman–Crippen MR) is 66.1 cm³/mol. The Hall–Kier alpha value is -1.16. The highest BCUT2D eigenvalue weighted by Crippen LogP contribution is 2.42. The summed E-state index contributed by atoms with van der Waals surface area (Å²) < 4.78 is 0. The first-order valence-corrected chi connectivity index (χ1v) is 6.46. The van der Waals surface area contributed by atoms with Gasteiger partial charge in [-0.3, -0.25) is 4.79 Å². The first-order chi connectivity index (χ1) is 7.74. The van der Waals surface area contributed by atoms with E-state index < -0.39 is 0 Å². The van der Waals surface area contributed by atoms with E-state index in [4.69, 9.17) is 5.73 Å². The summed E-state index contributed by atoms with van der Waals surface area (Å²) in [6, 6.07) is 7.77. The molecule has 3 fully saturated rings. The molecule has 84 valence electrons. The Bertz CT molecular complexity index is 429. The Kier molecular flexibility index (Phi) is 2.32. The molecule has 1 aromatic carbocycles. The summed E-state index contributed by atoms with van der Waals surface area (Å²) in [5.41, 5.74) is 7.72. The second-order valence-corrected chi connectivity index (χ2v) is 5.91. The Balaban J connectivity index is 1.75. The van der Waals surface area contributed by atoms with Gasteiger partial charge in [0.25, 0.3) is 0 Å². The lowest BCUT2D eigenvalue weighted by Gasteiger charge is -2.45. The van der Waals surface area contributed by atoms with E-state index in [1.54, 1.807) is 0 Å². The van der Waals surface area contributed by atoms with Crippen molar-refractivity contribution < 1.29 is 4.79 Å². The van der Waals surface area contributed by atoms with Gasteiger partial charge in [-0.1, -0.05) is 18.2 Å². The summed E-state index contributed by atoms with van der Waals surface area (Å²) in [5, 5.41) is 0.885. The normalized spacial score (nSPS) is 27.8. The van der Waals surface area contributed by atoms with Gasteiger partial charge >= 0.3 is 0 Å². The van der Waals surface area contributed by atoms with Crippen LogP contribution in [0.25, 0.3) is 0 Å². The number of carbonyl (C=O) groups excluding carboxylic acids is 1. The molecule has 3 heterocycles. The van der Waals surface area contributed by atoms with Crippen LogP contribution in [0, 0.1) is 0 Å². The van der Waals surface area contributed by atoms with Crippen LogP contribution in [0.2, 0.25) is 0 Å². The number of benzene rings is 1. The summed E-state index contributed by atoms with van der Waals surface area (Å²) in [6.45, 7) is 1.55. The SMILES string of the molecule is Nc1ccccc1CN1CC2CC(S2)C1=O. The summed E-state index contributed by atoms with van der Waals surface area (Å²) in [7, 11) is 0. The molecule has 3 saturated heterocycles. The molecular formula is C12H14N2OS. The zero-order valence-electron chi connectivity index (χ0n) is 8.93. The van der Waals surface area contributed by atoms with E-state index in [0.717, 1.165) is 24.2 Å². The van der Waals surface area contributed by atoms with Crippen LogP contribution in [0.5, 0.6) is 0 Å². The minimum atomic E-state index is 0.226. The lowest BCUT2D eigenvalue weighted by molar-refractivity contribution is -0.134. The summed E-state index contributed by atoms with van der Waals surface area (Å²) >= 11 is 1.82. The Morgan fingerprint density at radius 1 is 1.44 bits per heavy atom. The van der Waals surface area contributed by atoms with E-state index in [2.05, 4.69) is 0 Å². The molecule has 1 aromatic rings. The topological polar surface area (TPSA) is 46.3 Å². The number of hydrogen-bond acceptors (Lipinski definition) is 3. The number of fused-ring (bicyclic) bond motifs is 2. The van der Waals surface area contributed by atoms with Gasteiger partial charge in [-0.2, -0.15) is 0 Å². The second-order valence-electron chi connectivity index (χ2n) is 4.40. The van der Waals surface area contributed by atoms with Gasteiger partial charge in [0.15, 0.2) is 0 Å². The van der Waals surface area contributed by atoms with Gasteiger partial charge in [-0.25, -0.2) is 0 Å². The smallest absolute Gasteiger partial charge is 0.236 e. The van der Waals surface area contributed by atoms with Crippen LogP contribution in [0.1, 0.15) is 12.0 Å². The third-order valence-electron chi connectivity index (χ3n) is 3.26. The van der Waals surface area contributed by atoms with Gasteiger partial charge in [-0.15, -0.1) is 11.8 Å². The average molecular weight is 234 g/mol. The fraction of sp³-hybridized carbons (Fsp3) is 0.417.